The van der Waals surface area contributed by atoms with Crippen LogP contribution in [0.3, 0.4) is 0 Å². The first-order valence-corrected chi connectivity index (χ1v) is 7.56. The van der Waals surface area contributed by atoms with Crippen molar-refractivity contribution in [3.63, 3.8) is 0 Å². The van der Waals surface area contributed by atoms with Gasteiger partial charge in [-0.25, -0.2) is 0 Å². The molecule has 1 heterocycles. The van der Waals surface area contributed by atoms with Gasteiger partial charge in [0.15, 0.2) is 0 Å². The van der Waals surface area contributed by atoms with E-state index in [0.29, 0.717) is 12.0 Å². The maximum absolute atomic E-state index is 12.3. The van der Waals surface area contributed by atoms with Crippen molar-refractivity contribution in [2.75, 3.05) is 13.2 Å². The second kappa shape index (κ2) is 8.16. The highest BCUT2D eigenvalue weighted by molar-refractivity contribution is 5.96. The van der Waals surface area contributed by atoms with Crippen LogP contribution in [0.15, 0.2) is 42.6 Å². The summed E-state index contributed by atoms with van der Waals surface area (Å²) in [5.41, 5.74) is 1.33. The Hall–Kier alpha value is -2.80. The maximum Gasteiger partial charge on any atom is 0.273 e. The average molecular weight is 329 g/mol. The molecule has 1 aromatic carbocycles. The summed E-state index contributed by atoms with van der Waals surface area (Å²) in [7, 11) is 0. The summed E-state index contributed by atoms with van der Waals surface area (Å²) in [6.45, 7) is 1.71. The van der Waals surface area contributed by atoms with Gasteiger partial charge in [0.2, 0.25) is 0 Å². The monoisotopic (exact) mass is 329 g/mol. The molecule has 2 rings (SSSR count). The third-order valence-corrected chi connectivity index (χ3v) is 3.78. The smallest absolute Gasteiger partial charge is 0.273 e. The zero-order valence-electron chi connectivity index (χ0n) is 13.3. The highest BCUT2D eigenvalue weighted by atomic mass is 16.6. The quantitative estimate of drug-likeness (QED) is 0.596. The van der Waals surface area contributed by atoms with Gasteiger partial charge in [-0.15, -0.1) is 0 Å². The van der Waals surface area contributed by atoms with Crippen LogP contribution in [0.1, 0.15) is 21.6 Å². The van der Waals surface area contributed by atoms with Gasteiger partial charge < -0.3 is 10.4 Å². The Morgan fingerprint density at radius 3 is 2.75 bits per heavy atom. The molecule has 0 saturated carbocycles. The van der Waals surface area contributed by atoms with E-state index in [9.17, 15) is 20.0 Å². The van der Waals surface area contributed by atoms with Gasteiger partial charge in [0.1, 0.15) is 0 Å². The SMILES string of the molecule is Cc1c(C(=O)NCC(CO)Cc2ccccn2)cccc1[N+](=O)[O-]. The molecular weight excluding hydrogens is 310 g/mol. The van der Waals surface area contributed by atoms with Crippen LogP contribution in [0.2, 0.25) is 0 Å². The summed E-state index contributed by atoms with van der Waals surface area (Å²) in [6.07, 6.45) is 2.21. The third-order valence-electron chi connectivity index (χ3n) is 3.78. The van der Waals surface area contributed by atoms with E-state index in [4.69, 9.17) is 0 Å². The third kappa shape index (κ3) is 4.36. The van der Waals surface area contributed by atoms with E-state index in [1.165, 1.54) is 12.1 Å². The molecule has 2 N–H and O–H groups in total. The lowest BCUT2D eigenvalue weighted by molar-refractivity contribution is -0.385. The first-order chi connectivity index (χ1) is 11.5. The molecule has 0 aliphatic carbocycles. The van der Waals surface area contributed by atoms with Crippen molar-refractivity contribution < 1.29 is 14.8 Å². The van der Waals surface area contributed by atoms with Crippen molar-refractivity contribution in [1.29, 1.82) is 0 Å². The summed E-state index contributed by atoms with van der Waals surface area (Å²) in [6, 6.07) is 9.92. The Kier molecular flexibility index (Phi) is 5.97. The predicted molar refractivity (Wildman–Crippen MR) is 88.7 cm³/mol. The largest absolute Gasteiger partial charge is 0.396 e. The van der Waals surface area contributed by atoms with Crippen molar-refractivity contribution in [3.8, 4) is 0 Å². The van der Waals surface area contributed by atoms with Gasteiger partial charge in [0, 0.05) is 48.2 Å². The molecule has 0 saturated heterocycles. The van der Waals surface area contributed by atoms with Crippen LogP contribution in [0.4, 0.5) is 5.69 Å². The first-order valence-electron chi connectivity index (χ1n) is 7.56. The highest BCUT2D eigenvalue weighted by Gasteiger charge is 2.19. The average Bonchev–Trinajstić information content (AvgIpc) is 2.59. The zero-order chi connectivity index (χ0) is 17.5. The van der Waals surface area contributed by atoms with E-state index in [1.807, 2.05) is 18.2 Å². The number of benzene rings is 1. The molecule has 2 aromatic rings. The number of aliphatic hydroxyl groups is 1. The minimum absolute atomic E-state index is 0.0881. The number of aromatic nitrogens is 1. The predicted octanol–water partition coefficient (Wildman–Crippen LogP) is 1.88. The Bertz CT molecular complexity index is 719. The topological polar surface area (TPSA) is 105 Å². The molecule has 126 valence electrons. The lowest BCUT2D eigenvalue weighted by Crippen LogP contribution is -2.32. The van der Waals surface area contributed by atoms with Crippen LogP contribution >= 0.6 is 0 Å². The summed E-state index contributed by atoms with van der Waals surface area (Å²) in [5, 5.41) is 23.1. The molecule has 0 fully saturated rings. The van der Waals surface area contributed by atoms with Gasteiger partial charge in [0.25, 0.3) is 11.6 Å². The van der Waals surface area contributed by atoms with Crippen molar-refractivity contribution in [3.05, 3.63) is 69.5 Å². The number of nitro groups is 1. The number of carbonyl (C=O) groups excluding carboxylic acids is 1. The van der Waals surface area contributed by atoms with Crippen molar-refractivity contribution in [2.45, 2.75) is 13.3 Å². The second-order valence-electron chi connectivity index (χ2n) is 5.49. The number of aliphatic hydroxyl groups excluding tert-OH is 1. The fourth-order valence-corrected chi connectivity index (χ4v) is 2.42. The van der Waals surface area contributed by atoms with Gasteiger partial charge in [0.05, 0.1) is 4.92 Å². The Labute approximate surface area is 139 Å². The van der Waals surface area contributed by atoms with Crippen molar-refractivity contribution in [1.82, 2.24) is 10.3 Å². The number of carbonyl (C=O) groups is 1. The van der Waals surface area contributed by atoms with E-state index >= 15 is 0 Å². The number of nitro benzene ring substituents is 1. The van der Waals surface area contributed by atoms with Gasteiger partial charge in [-0.3, -0.25) is 19.9 Å². The Morgan fingerprint density at radius 1 is 1.33 bits per heavy atom. The van der Waals surface area contributed by atoms with E-state index in [1.54, 1.807) is 19.2 Å². The van der Waals surface area contributed by atoms with E-state index < -0.39 is 10.8 Å². The molecule has 7 heteroatoms. The van der Waals surface area contributed by atoms with Crippen LogP contribution in [-0.4, -0.2) is 34.1 Å². The van der Waals surface area contributed by atoms with Gasteiger partial charge in [-0.1, -0.05) is 12.1 Å². The molecule has 7 nitrogen and oxygen atoms in total. The summed E-state index contributed by atoms with van der Waals surface area (Å²) >= 11 is 0. The maximum atomic E-state index is 12.3. The fourth-order valence-electron chi connectivity index (χ4n) is 2.42. The number of hydrogen-bond donors (Lipinski definition) is 2. The molecule has 0 aliphatic heterocycles. The molecule has 1 aromatic heterocycles. The van der Waals surface area contributed by atoms with Crippen LogP contribution < -0.4 is 5.32 Å². The molecule has 24 heavy (non-hydrogen) atoms. The van der Waals surface area contributed by atoms with Gasteiger partial charge in [-0.2, -0.15) is 0 Å². The highest BCUT2D eigenvalue weighted by Crippen LogP contribution is 2.21. The molecule has 0 radical (unpaired) electrons. The van der Waals surface area contributed by atoms with Crippen LogP contribution in [0, 0.1) is 23.0 Å². The van der Waals surface area contributed by atoms with E-state index in [2.05, 4.69) is 10.3 Å². The molecule has 0 bridgehead atoms. The minimum atomic E-state index is -0.510. The summed E-state index contributed by atoms with van der Waals surface area (Å²) < 4.78 is 0. The van der Waals surface area contributed by atoms with Gasteiger partial charge >= 0.3 is 0 Å². The molecule has 0 spiro atoms. The summed E-state index contributed by atoms with van der Waals surface area (Å²) in [4.78, 5) is 26.9. The number of hydrogen-bond acceptors (Lipinski definition) is 5. The number of nitrogens with zero attached hydrogens (tertiary/aromatic N) is 2. The second-order valence-corrected chi connectivity index (χ2v) is 5.49. The lowest BCUT2D eigenvalue weighted by Gasteiger charge is -2.15. The molecular formula is C17H19N3O4. The standard InChI is InChI=1S/C17H19N3O4/c1-12-15(6-4-7-16(12)20(23)24)17(22)19-10-13(11-21)9-14-5-2-3-8-18-14/h2-8,13,21H,9-11H2,1H3,(H,19,22). The number of amides is 1. The zero-order valence-corrected chi connectivity index (χ0v) is 13.3. The molecule has 1 atom stereocenters. The van der Waals surface area contributed by atoms with Crippen LogP contribution in [0.25, 0.3) is 0 Å². The number of pyridine rings is 1. The van der Waals surface area contributed by atoms with Crippen molar-refractivity contribution >= 4 is 11.6 Å². The number of nitrogens with one attached hydrogen (secondary N) is 1. The van der Waals surface area contributed by atoms with E-state index in [-0.39, 0.29) is 30.3 Å². The van der Waals surface area contributed by atoms with Gasteiger partial charge in [-0.05, 0) is 31.5 Å². The lowest BCUT2D eigenvalue weighted by atomic mass is 10.0. The van der Waals surface area contributed by atoms with Crippen LogP contribution in [0.5, 0.6) is 0 Å². The summed E-state index contributed by atoms with van der Waals surface area (Å²) in [5.74, 6) is -0.571. The normalized spacial score (nSPS) is 11.8. The molecule has 1 amide bonds. The Morgan fingerprint density at radius 2 is 2.12 bits per heavy atom. The van der Waals surface area contributed by atoms with Crippen molar-refractivity contribution in [2.24, 2.45) is 5.92 Å². The van der Waals surface area contributed by atoms with Crippen LogP contribution in [-0.2, 0) is 6.42 Å². The fraction of sp³-hybridized carbons (Fsp3) is 0.294. The first kappa shape index (κ1) is 17.6. The minimum Gasteiger partial charge on any atom is -0.396 e. The molecule has 1 unspecified atom stereocenters. The number of rotatable bonds is 7. The Balaban J connectivity index is 2.01. The van der Waals surface area contributed by atoms with E-state index in [0.717, 1.165) is 5.69 Å². The molecule has 0 aliphatic rings.